The predicted molar refractivity (Wildman–Crippen MR) is 60.1 cm³/mol. The monoisotopic (exact) mass is 232 g/mol. The van der Waals surface area contributed by atoms with Gasteiger partial charge >= 0.3 is 0 Å². The first-order valence-corrected chi connectivity index (χ1v) is 5.08. The van der Waals surface area contributed by atoms with Crippen LogP contribution in [0.4, 0.5) is 5.69 Å². The van der Waals surface area contributed by atoms with Crippen LogP contribution in [0, 0.1) is 10.1 Å². The summed E-state index contributed by atoms with van der Waals surface area (Å²) in [5.41, 5.74) is 0.986. The first-order chi connectivity index (χ1) is 8.25. The Hall–Kier alpha value is -2.44. The lowest BCUT2D eigenvalue weighted by Gasteiger charge is -1.96. The fourth-order valence-electron chi connectivity index (χ4n) is 1.77. The molecular formula is C10H8N4O3. The van der Waals surface area contributed by atoms with E-state index in [1.807, 2.05) is 0 Å². The first-order valence-electron chi connectivity index (χ1n) is 5.08. The molecule has 7 nitrogen and oxygen atoms in total. The predicted octanol–water partition coefficient (Wildman–Crippen LogP) is 1.09. The zero-order valence-electron chi connectivity index (χ0n) is 8.71. The van der Waals surface area contributed by atoms with E-state index in [9.17, 15) is 10.1 Å². The van der Waals surface area contributed by atoms with E-state index in [0.717, 1.165) is 11.9 Å². The van der Waals surface area contributed by atoms with Gasteiger partial charge in [0.1, 0.15) is 0 Å². The molecule has 0 fully saturated rings. The van der Waals surface area contributed by atoms with Gasteiger partial charge in [-0.15, -0.1) is 0 Å². The second-order valence-electron chi connectivity index (χ2n) is 3.63. The van der Waals surface area contributed by atoms with E-state index < -0.39 is 4.92 Å². The Kier molecular flexibility index (Phi) is 2.04. The highest BCUT2D eigenvalue weighted by molar-refractivity contribution is 6.07. The van der Waals surface area contributed by atoms with Gasteiger partial charge in [-0.2, -0.15) is 0 Å². The van der Waals surface area contributed by atoms with Gasteiger partial charge in [-0.05, 0) is 6.07 Å². The number of rotatable bonds is 2. The highest BCUT2D eigenvalue weighted by Gasteiger charge is 2.18. The number of nitrogens with one attached hydrogen (secondary N) is 1. The van der Waals surface area contributed by atoms with Crippen LogP contribution in [0.2, 0.25) is 0 Å². The molecule has 2 aromatic rings. The van der Waals surface area contributed by atoms with Crippen LogP contribution in [0.5, 0.6) is 0 Å². The van der Waals surface area contributed by atoms with Crippen molar-refractivity contribution in [3.8, 4) is 0 Å². The molecule has 0 amide bonds. The highest BCUT2D eigenvalue weighted by atomic mass is 16.6. The van der Waals surface area contributed by atoms with Crippen LogP contribution in [-0.4, -0.2) is 29.0 Å². The third-order valence-corrected chi connectivity index (χ3v) is 2.56. The summed E-state index contributed by atoms with van der Waals surface area (Å²) >= 11 is 0. The molecule has 1 aliphatic rings. The summed E-state index contributed by atoms with van der Waals surface area (Å²) in [7, 11) is 0. The minimum Gasteiger partial charge on any atom is -0.367 e. The van der Waals surface area contributed by atoms with E-state index in [1.54, 1.807) is 6.07 Å². The van der Waals surface area contributed by atoms with E-state index in [2.05, 4.69) is 15.5 Å². The molecule has 0 bridgehead atoms. The number of fused-ring (bicyclic) bond motifs is 1. The van der Waals surface area contributed by atoms with Gasteiger partial charge in [0.15, 0.2) is 17.1 Å². The number of nitrogens with zero attached hydrogens (tertiary/aromatic N) is 3. The number of benzene rings is 1. The molecule has 1 aromatic carbocycles. The van der Waals surface area contributed by atoms with Crippen LogP contribution < -0.4 is 5.32 Å². The lowest BCUT2D eigenvalue weighted by Crippen LogP contribution is -2.19. The van der Waals surface area contributed by atoms with E-state index in [0.29, 0.717) is 23.7 Å². The molecule has 0 saturated heterocycles. The standard InChI is InChI=1S/C10H8N4O3/c15-14(16)6-1-2-7-8(5-6)17-13-9(7)10-11-3-4-12-10/h1-2,5H,3-4H2,(H,11,12). The van der Waals surface area contributed by atoms with Crippen LogP contribution >= 0.6 is 0 Å². The summed E-state index contributed by atoms with van der Waals surface area (Å²) < 4.78 is 5.08. The number of non-ortho nitro benzene ring substituents is 1. The summed E-state index contributed by atoms with van der Waals surface area (Å²) in [6.45, 7) is 1.48. The van der Waals surface area contributed by atoms with Crippen LogP contribution in [-0.2, 0) is 0 Å². The van der Waals surface area contributed by atoms with Crippen molar-refractivity contribution in [2.45, 2.75) is 0 Å². The van der Waals surface area contributed by atoms with E-state index >= 15 is 0 Å². The maximum atomic E-state index is 10.6. The second kappa shape index (κ2) is 3.55. The number of hydrogen-bond acceptors (Lipinski definition) is 6. The minimum absolute atomic E-state index is 0.0125. The zero-order chi connectivity index (χ0) is 11.8. The first kappa shape index (κ1) is 9.76. The molecule has 0 unspecified atom stereocenters. The highest BCUT2D eigenvalue weighted by Crippen LogP contribution is 2.24. The molecule has 1 N–H and O–H groups in total. The number of hydrogen-bond donors (Lipinski definition) is 1. The van der Waals surface area contributed by atoms with Crippen molar-refractivity contribution in [2.75, 3.05) is 13.1 Å². The Morgan fingerprint density at radius 2 is 2.35 bits per heavy atom. The van der Waals surface area contributed by atoms with Crippen LogP contribution in [0.15, 0.2) is 27.7 Å². The zero-order valence-corrected chi connectivity index (χ0v) is 8.71. The number of amidine groups is 1. The van der Waals surface area contributed by atoms with Crippen molar-refractivity contribution in [3.05, 3.63) is 34.0 Å². The summed E-state index contributed by atoms with van der Waals surface area (Å²) in [6.07, 6.45) is 0. The summed E-state index contributed by atoms with van der Waals surface area (Å²) in [5, 5.41) is 18.3. The lowest BCUT2D eigenvalue weighted by molar-refractivity contribution is -0.384. The van der Waals surface area contributed by atoms with Crippen molar-refractivity contribution in [1.29, 1.82) is 0 Å². The fraction of sp³-hybridized carbons (Fsp3) is 0.200. The van der Waals surface area contributed by atoms with E-state index in [1.165, 1.54) is 12.1 Å². The number of nitro benzene ring substituents is 1. The Labute approximate surface area is 95.3 Å². The largest absolute Gasteiger partial charge is 0.367 e. The van der Waals surface area contributed by atoms with Gasteiger partial charge in [0.25, 0.3) is 5.69 Å². The Bertz CT molecular complexity index is 632. The number of aliphatic imine (C=N–C) groups is 1. The number of aromatic nitrogens is 1. The molecule has 3 rings (SSSR count). The molecule has 0 aliphatic carbocycles. The average Bonchev–Trinajstić information content (AvgIpc) is 2.96. The maximum Gasteiger partial charge on any atom is 0.273 e. The average molecular weight is 232 g/mol. The maximum absolute atomic E-state index is 10.6. The van der Waals surface area contributed by atoms with E-state index in [4.69, 9.17) is 4.52 Å². The van der Waals surface area contributed by atoms with Crippen LogP contribution in [0.25, 0.3) is 11.0 Å². The Morgan fingerprint density at radius 3 is 3.06 bits per heavy atom. The third kappa shape index (κ3) is 1.52. The van der Waals surface area contributed by atoms with Gasteiger partial charge < -0.3 is 9.84 Å². The SMILES string of the molecule is O=[N+]([O-])c1ccc2c(C3=NCCN3)noc2c1. The van der Waals surface area contributed by atoms with Crippen molar-refractivity contribution in [1.82, 2.24) is 10.5 Å². The van der Waals surface area contributed by atoms with Crippen molar-refractivity contribution >= 4 is 22.5 Å². The molecule has 17 heavy (non-hydrogen) atoms. The van der Waals surface area contributed by atoms with Gasteiger partial charge in [-0.3, -0.25) is 15.1 Å². The van der Waals surface area contributed by atoms with Gasteiger partial charge in [0.05, 0.1) is 22.9 Å². The van der Waals surface area contributed by atoms with Crippen molar-refractivity contribution < 1.29 is 9.45 Å². The molecule has 1 aromatic heterocycles. The van der Waals surface area contributed by atoms with Crippen LogP contribution in [0.3, 0.4) is 0 Å². The molecule has 0 atom stereocenters. The van der Waals surface area contributed by atoms with Crippen molar-refractivity contribution in [2.24, 2.45) is 4.99 Å². The Balaban J connectivity index is 2.13. The molecule has 0 radical (unpaired) electrons. The molecule has 0 spiro atoms. The molecule has 2 heterocycles. The molecule has 0 saturated carbocycles. The van der Waals surface area contributed by atoms with Crippen LogP contribution in [0.1, 0.15) is 5.69 Å². The minimum atomic E-state index is -0.465. The van der Waals surface area contributed by atoms with Gasteiger partial charge in [0.2, 0.25) is 0 Å². The molecule has 1 aliphatic heterocycles. The fourth-order valence-corrected chi connectivity index (χ4v) is 1.77. The summed E-state index contributed by atoms with van der Waals surface area (Å²) in [4.78, 5) is 14.4. The molecule has 7 heteroatoms. The topological polar surface area (TPSA) is 93.6 Å². The Morgan fingerprint density at radius 1 is 1.47 bits per heavy atom. The van der Waals surface area contributed by atoms with Gasteiger partial charge in [-0.25, -0.2) is 0 Å². The third-order valence-electron chi connectivity index (χ3n) is 2.56. The molecule has 86 valence electrons. The summed E-state index contributed by atoms with van der Waals surface area (Å²) in [6, 6.07) is 4.42. The second-order valence-corrected chi connectivity index (χ2v) is 3.63. The van der Waals surface area contributed by atoms with Gasteiger partial charge in [0, 0.05) is 12.6 Å². The van der Waals surface area contributed by atoms with Gasteiger partial charge in [-0.1, -0.05) is 5.16 Å². The summed E-state index contributed by atoms with van der Waals surface area (Å²) in [5.74, 6) is 0.678. The normalized spacial score (nSPS) is 14.7. The quantitative estimate of drug-likeness (QED) is 0.617. The lowest BCUT2D eigenvalue weighted by atomic mass is 10.2. The van der Waals surface area contributed by atoms with E-state index in [-0.39, 0.29) is 5.69 Å². The number of nitro groups is 1. The molecular weight excluding hydrogens is 224 g/mol. The van der Waals surface area contributed by atoms with Crippen molar-refractivity contribution in [3.63, 3.8) is 0 Å². The smallest absolute Gasteiger partial charge is 0.273 e.